The van der Waals surface area contributed by atoms with Gasteiger partial charge in [0, 0.05) is 11.7 Å². The summed E-state index contributed by atoms with van der Waals surface area (Å²) in [6.07, 6.45) is 1.91. The minimum atomic E-state index is 0.00751. The van der Waals surface area contributed by atoms with Crippen molar-refractivity contribution >= 4 is 23.1 Å². The normalized spacial score (nSPS) is 13.1. The Kier molecular flexibility index (Phi) is 4.81. The number of hydrogen-bond donors (Lipinski definition) is 0. The molecule has 0 bridgehead atoms. The van der Waals surface area contributed by atoms with E-state index in [-0.39, 0.29) is 12.1 Å². The van der Waals surface area contributed by atoms with Crippen molar-refractivity contribution in [3.8, 4) is 45.4 Å². The first-order valence-electron chi connectivity index (χ1n) is 12.7. The molecule has 0 saturated carbocycles. The summed E-state index contributed by atoms with van der Waals surface area (Å²) in [5.41, 5.74) is 9.11. The van der Waals surface area contributed by atoms with Gasteiger partial charge in [-0.05, 0) is 81.1 Å². The highest BCUT2D eigenvalue weighted by Gasteiger charge is 2.40. The summed E-state index contributed by atoms with van der Waals surface area (Å²) in [6, 6.07) is 33.8. The number of pyridine rings is 1. The molecule has 4 aromatic carbocycles. The van der Waals surface area contributed by atoms with Crippen molar-refractivity contribution < 1.29 is 9.47 Å². The molecule has 0 unspecified atom stereocenters. The predicted molar refractivity (Wildman–Crippen MR) is 151 cm³/mol. The van der Waals surface area contributed by atoms with Crippen molar-refractivity contribution in [2.45, 2.75) is 26.2 Å². The van der Waals surface area contributed by atoms with E-state index in [9.17, 15) is 0 Å². The van der Waals surface area contributed by atoms with Crippen LogP contribution in [0.3, 0.4) is 0 Å². The average Bonchev–Trinajstić information content (AvgIpc) is 2.92. The summed E-state index contributed by atoms with van der Waals surface area (Å²) in [6.45, 7) is 6.70. The van der Waals surface area contributed by atoms with Gasteiger partial charge in [-0.3, -0.25) is 4.98 Å². The molecule has 0 amide bonds. The lowest BCUT2D eigenvalue weighted by Gasteiger charge is -2.33. The van der Waals surface area contributed by atoms with E-state index in [0.29, 0.717) is 0 Å². The van der Waals surface area contributed by atoms with Gasteiger partial charge in [0.2, 0.25) is 0 Å². The molecule has 1 aromatic heterocycles. The molecule has 37 heavy (non-hydrogen) atoms. The second-order valence-electron chi connectivity index (χ2n) is 10.9. The third-order valence-corrected chi connectivity index (χ3v) is 7.43. The zero-order valence-corrected chi connectivity index (χ0v) is 21.2. The van der Waals surface area contributed by atoms with Gasteiger partial charge in [-0.25, -0.2) is 0 Å². The molecule has 0 N–H and O–H groups in total. The van der Waals surface area contributed by atoms with Crippen molar-refractivity contribution in [1.29, 1.82) is 0 Å². The maximum Gasteiger partial charge on any atom is 0.260 e. The third kappa shape index (κ3) is 3.63. The van der Waals surface area contributed by atoms with Crippen LogP contribution in [0.1, 0.15) is 26.3 Å². The fourth-order valence-corrected chi connectivity index (χ4v) is 5.46. The van der Waals surface area contributed by atoms with Gasteiger partial charge >= 0.3 is 0 Å². The van der Waals surface area contributed by atoms with Crippen LogP contribution >= 0.6 is 0 Å². The lowest BCUT2D eigenvalue weighted by atomic mass is 9.34. The molecule has 0 atom stereocenters. The average molecular weight is 479 g/mol. The fourth-order valence-electron chi connectivity index (χ4n) is 5.46. The van der Waals surface area contributed by atoms with Gasteiger partial charge < -0.3 is 9.47 Å². The summed E-state index contributed by atoms with van der Waals surface area (Å²) in [4.78, 5) is 4.73. The second-order valence-corrected chi connectivity index (χ2v) is 10.9. The molecule has 0 saturated heterocycles. The van der Waals surface area contributed by atoms with E-state index in [1.165, 1.54) is 16.7 Å². The van der Waals surface area contributed by atoms with Crippen LogP contribution in [0, 0.1) is 0 Å². The lowest BCUT2D eigenvalue weighted by Crippen LogP contribution is -2.57. The molecular weight excluding hydrogens is 453 g/mol. The van der Waals surface area contributed by atoms with Gasteiger partial charge in [-0.1, -0.05) is 75.4 Å². The maximum atomic E-state index is 6.42. The number of fused-ring (bicyclic) bond motifs is 4. The van der Waals surface area contributed by atoms with E-state index in [0.717, 1.165) is 50.6 Å². The minimum Gasteiger partial charge on any atom is -0.458 e. The molecule has 0 aliphatic carbocycles. The smallest absolute Gasteiger partial charge is 0.260 e. The first kappa shape index (κ1) is 21.9. The summed E-state index contributed by atoms with van der Waals surface area (Å²) >= 11 is 0. The molecule has 0 radical (unpaired) electrons. The second kappa shape index (κ2) is 8.11. The number of benzene rings is 4. The van der Waals surface area contributed by atoms with Crippen molar-refractivity contribution in [1.82, 2.24) is 4.98 Å². The highest BCUT2D eigenvalue weighted by Crippen LogP contribution is 2.36. The van der Waals surface area contributed by atoms with Gasteiger partial charge in [0.15, 0.2) is 0 Å². The van der Waals surface area contributed by atoms with Gasteiger partial charge in [0.25, 0.3) is 6.71 Å². The lowest BCUT2D eigenvalue weighted by molar-refractivity contribution is 0.464. The zero-order chi connectivity index (χ0) is 25.1. The number of aromatic nitrogens is 1. The molecule has 5 aromatic rings. The SMILES string of the molecule is CC(C)(C)c1ccnc(-c2ccc3c(c2)B2c4cc(-c5ccccc5)ccc4Oc4cccc(c42)O3)c1. The largest absolute Gasteiger partial charge is 0.458 e. The van der Waals surface area contributed by atoms with E-state index >= 15 is 0 Å². The van der Waals surface area contributed by atoms with Gasteiger partial charge in [-0.15, -0.1) is 0 Å². The molecular formula is C33H26BNO2. The molecule has 4 heteroatoms. The molecule has 2 aliphatic rings. The van der Waals surface area contributed by atoms with Crippen LogP contribution in [0.2, 0.25) is 0 Å². The number of hydrogen-bond acceptors (Lipinski definition) is 3. The Morgan fingerprint density at radius 3 is 1.92 bits per heavy atom. The van der Waals surface area contributed by atoms with Crippen LogP contribution in [0.4, 0.5) is 0 Å². The predicted octanol–water partition coefficient (Wildman–Crippen LogP) is 6.44. The van der Waals surface area contributed by atoms with Crippen LogP contribution < -0.4 is 25.9 Å². The number of nitrogens with zero attached hydrogens (tertiary/aromatic N) is 1. The Morgan fingerprint density at radius 2 is 1.24 bits per heavy atom. The molecule has 3 nitrogen and oxygen atoms in total. The van der Waals surface area contributed by atoms with Gasteiger partial charge in [0.1, 0.15) is 23.0 Å². The highest BCUT2D eigenvalue weighted by molar-refractivity contribution is 6.98. The third-order valence-electron chi connectivity index (χ3n) is 7.43. The maximum absolute atomic E-state index is 6.42. The van der Waals surface area contributed by atoms with Crippen LogP contribution in [0.15, 0.2) is 103 Å². The quantitative estimate of drug-likeness (QED) is 0.268. The Bertz CT molecular complexity index is 1660. The fraction of sp³-hybridized carbons (Fsp3) is 0.121. The van der Waals surface area contributed by atoms with Crippen LogP contribution in [-0.2, 0) is 5.41 Å². The minimum absolute atomic E-state index is 0.00751. The Morgan fingerprint density at radius 1 is 0.595 bits per heavy atom. The van der Waals surface area contributed by atoms with Gasteiger partial charge in [-0.2, -0.15) is 0 Å². The van der Waals surface area contributed by atoms with Crippen LogP contribution in [-0.4, -0.2) is 11.7 Å². The van der Waals surface area contributed by atoms with E-state index in [2.05, 4.69) is 93.6 Å². The summed E-state index contributed by atoms with van der Waals surface area (Å²) in [7, 11) is 0. The molecule has 0 fully saturated rings. The molecule has 0 spiro atoms. The molecule has 3 heterocycles. The zero-order valence-electron chi connectivity index (χ0n) is 21.2. The molecule has 178 valence electrons. The standard InChI is InChI=1S/C33H26BNO2/c1-33(2,3)24-16-17-35-27(20-24)23-13-15-29-26(19-23)34-25-18-22(21-8-5-4-6-9-21)12-14-28(25)36-30-10-7-11-31(37-29)32(30)34/h4-20H,1-3H3. The topological polar surface area (TPSA) is 31.4 Å². The Labute approximate surface area is 217 Å². The Hall–Kier alpha value is -4.31. The van der Waals surface area contributed by atoms with Crippen LogP contribution in [0.25, 0.3) is 22.4 Å². The summed E-state index contributed by atoms with van der Waals surface area (Å²) < 4.78 is 12.8. The van der Waals surface area contributed by atoms with Crippen molar-refractivity contribution in [3.05, 3.63) is 109 Å². The summed E-state index contributed by atoms with van der Waals surface area (Å²) in [5, 5.41) is 0. The first-order chi connectivity index (χ1) is 18.0. The van der Waals surface area contributed by atoms with E-state index in [1.54, 1.807) is 0 Å². The number of ether oxygens (including phenoxy) is 2. The summed E-state index contributed by atoms with van der Waals surface area (Å²) in [5.74, 6) is 3.47. The van der Waals surface area contributed by atoms with E-state index in [1.807, 2.05) is 30.5 Å². The van der Waals surface area contributed by atoms with E-state index in [4.69, 9.17) is 14.5 Å². The Balaban J connectivity index is 1.42. The van der Waals surface area contributed by atoms with Crippen molar-refractivity contribution in [2.24, 2.45) is 0 Å². The first-order valence-corrected chi connectivity index (χ1v) is 12.7. The molecule has 7 rings (SSSR count). The monoisotopic (exact) mass is 479 g/mol. The molecule has 2 aliphatic heterocycles. The highest BCUT2D eigenvalue weighted by atomic mass is 16.5. The number of rotatable bonds is 2. The van der Waals surface area contributed by atoms with E-state index < -0.39 is 0 Å². The van der Waals surface area contributed by atoms with Crippen LogP contribution in [0.5, 0.6) is 23.0 Å². The van der Waals surface area contributed by atoms with Crippen molar-refractivity contribution in [3.63, 3.8) is 0 Å². The van der Waals surface area contributed by atoms with Gasteiger partial charge in [0.05, 0.1) is 5.69 Å². The van der Waals surface area contributed by atoms with Crippen molar-refractivity contribution in [2.75, 3.05) is 0 Å².